The minimum atomic E-state index is -3.60. The number of anilines is 1. The molecule has 124 valence electrons. The second kappa shape index (κ2) is 6.82. The lowest BCUT2D eigenvalue weighted by atomic mass is 10.1. The molecule has 0 bridgehead atoms. The van der Waals surface area contributed by atoms with Crippen LogP contribution in [0.5, 0.6) is 0 Å². The van der Waals surface area contributed by atoms with Crippen molar-refractivity contribution in [1.82, 2.24) is 4.31 Å². The summed E-state index contributed by atoms with van der Waals surface area (Å²) in [6.07, 6.45) is 0. The molecule has 0 aliphatic carbocycles. The number of aryl methyl sites for hydroxylation is 2. The Hall–Kier alpha value is -1.70. The van der Waals surface area contributed by atoms with Crippen LogP contribution in [0, 0.1) is 13.8 Å². The molecular weight excluding hydrogens is 332 g/mol. The minimum absolute atomic E-state index is 0.186. The molecule has 1 amide bonds. The number of rotatable bonds is 5. The lowest BCUT2D eigenvalue weighted by molar-refractivity contribution is -0.114. The van der Waals surface area contributed by atoms with Crippen LogP contribution in [0.2, 0.25) is 0 Å². The van der Waals surface area contributed by atoms with Crippen molar-refractivity contribution < 1.29 is 13.2 Å². The van der Waals surface area contributed by atoms with Crippen molar-refractivity contribution in [1.29, 1.82) is 0 Å². The molecule has 7 heteroatoms. The van der Waals surface area contributed by atoms with E-state index in [4.69, 9.17) is 0 Å². The van der Waals surface area contributed by atoms with Crippen molar-refractivity contribution in [3.8, 4) is 0 Å². The van der Waals surface area contributed by atoms with Crippen molar-refractivity contribution >= 4 is 33.0 Å². The van der Waals surface area contributed by atoms with E-state index in [1.807, 2.05) is 16.8 Å². The number of carbonyl (C=O) groups is 1. The van der Waals surface area contributed by atoms with Crippen molar-refractivity contribution in [2.45, 2.75) is 32.2 Å². The minimum Gasteiger partial charge on any atom is -0.326 e. The predicted molar refractivity (Wildman–Crippen MR) is 93.2 cm³/mol. The van der Waals surface area contributed by atoms with Crippen LogP contribution in [0.1, 0.15) is 23.6 Å². The Kier molecular flexibility index (Phi) is 5.23. The van der Waals surface area contributed by atoms with Crippen LogP contribution >= 0.6 is 11.3 Å². The Balaban J connectivity index is 2.37. The second-order valence-corrected chi connectivity index (χ2v) is 8.27. The van der Waals surface area contributed by atoms with E-state index in [0.29, 0.717) is 28.3 Å². The molecule has 1 N–H and O–H groups in total. The summed E-state index contributed by atoms with van der Waals surface area (Å²) in [6.45, 7) is 5.23. The van der Waals surface area contributed by atoms with Gasteiger partial charge in [0.15, 0.2) is 0 Å². The molecule has 0 aliphatic heterocycles. The summed E-state index contributed by atoms with van der Waals surface area (Å²) >= 11 is 1.54. The first-order valence-corrected chi connectivity index (χ1v) is 9.46. The molecule has 0 unspecified atom stereocenters. The molecule has 1 aromatic heterocycles. The van der Waals surface area contributed by atoms with Crippen LogP contribution in [-0.2, 0) is 21.4 Å². The molecule has 0 radical (unpaired) electrons. The van der Waals surface area contributed by atoms with Crippen LogP contribution < -0.4 is 5.32 Å². The Morgan fingerprint density at radius 1 is 1.26 bits per heavy atom. The van der Waals surface area contributed by atoms with Gasteiger partial charge in [0.25, 0.3) is 0 Å². The molecular formula is C16H20N2O3S2. The third-order valence-electron chi connectivity index (χ3n) is 3.43. The van der Waals surface area contributed by atoms with E-state index in [1.54, 1.807) is 44.4 Å². The Labute approximate surface area is 141 Å². The van der Waals surface area contributed by atoms with Gasteiger partial charge in [-0.3, -0.25) is 4.79 Å². The van der Waals surface area contributed by atoms with E-state index in [0.717, 1.165) is 5.56 Å². The number of hydrogen-bond donors (Lipinski definition) is 1. The number of thiophene rings is 1. The molecule has 23 heavy (non-hydrogen) atoms. The number of nitrogens with zero attached hydrogens (tertiary/aromatic N) is 1. The molecule has 0 aliphatic rings. The average Bonchev–Trinajstić information content (AvgIpc) is 2.89. The highest BCUT2D eigenvalue weighted by molar-refractivity contribution is 7.89. The van der Waals surface area contributed by atoms with Crippen molar-refractivity contribution in [2.75, 3.05) is 12.4 Å². The van der Waals surface area contributed by atoms with Gasteiger partial charge in [-0.1, -0.05) is 0 Å². The third-order valence-corrected chi connectivity index (χ3v) is 6.28. The van der Waals surface area contributed by atoms with E-state index in [2.05, 4.69) is 5.32 Å². The Morgan fingerprint density at radius 3 is 2.35 bits per heavy atom. The Bertz CT molecular complexity index is 789. The fourth-order valence-corrected chi connectivity index (χ4v) is 4.74. The zero-order valence-corrected chi connectivity index (χ0v) is 15.2. The highest BCUT2D eigenvalue weighted by Crippen LogP contribution is 2.27. The van der Waals surface area contributed by atoms with Gasteiger partial charge >= 0.3 is 0 Å². The molecule has 0 spiro atoms. The van der Waals surface area contributed by atoms with E-state index in [1.165, 1.54) is 11.2 Å². The predicted octanol–water partition coefficient (Wildman–Crippen LogP) is 3.14. The molecule has 0 atom stereocenters. The van der Waals surface area contributed by atoms with Crippen LogP contribution in [0.3, 0.4) is 0 Å². The number of sulfonamides is 1. The summed E-state index contributed by atoms with van der Waals surface area (Å²) in [6, 6.07) is 5.27. The molecule has 0 fully saturated rings. The number of carbonyl (C=O) groups excluding carboxylic acids is 1. The van der Waals surface area contributed by atoms with Crippen molar-refractivity contribution in [3.63, 3.8) is 0 Å². The highest BCUT2D eigenvalue weighted by atomic mass is 32.2. The number of amides is 1. The quantitative estimate of drug-likeness (QED) is 0.899. The summed E-state index contributed by atoms with van der Waals surface area (Å²) < 4.78 is 27.1. The molecule has 5 nitrogen and oxygen atoms in total. The van der Waals surface area contributed by atoms with Crippen molar-refractivity contribution in [3.05, 3.63) is 45.6 Å². The second-order valence-electron chi connectivity index (χ2n) is 5.51. The first-order valence-electron chi connectivity index (χ1n) is 7.08. The summed E-state index contributed by atoms with van der Waals surface area (Å²) in [7, 11) is -2.02. The lowest BCUT2D eigenvalue weighted by Crippen LogP contribution is -2.27. The number of nitrogens with one attached hydrogen (secondary N) is 1. The van der Waals surface area contributed by atoms with Gasteiger partial charge in [-0.15, -0.1) is 0 Å². The van der Waals surface area contributed by atoms with Gasteiger partial charge < -0.3 is 5.32 Å². The van der Waals surface area contributed by atoms with Gasteiger partial charge in [-0.05, 0) is 59.5 Å². The van der Waals surface area contributed by atoms with Crippen molar-refractivity contribution in [2.24, 2.45) is 0 Å². The smallest absolute Gasteiger partial charge is 0.243 e. The standard InChI is InChI=1S/C16H20N2O3S2/c1-11-7-15(17-13(3)19)8-12(2)16(11)23(20,21)18(4)9-14-5-6-22-10-14/h5-8,10H,9H2,1-4H3,(H,17,19). The zero-order valence-electron chi connectivity index (χ0n) is 13.6. The van der Waals surface area contributed by atoms with E-state index in [-0.39, 0.29) is 5.91 Å². The van der Waals surface area contributed by atoms with E-state index in [9.17, 15) is 13.2 Å². The molecule has 1 aromatic carbocycles. The van der Waals surface area contributed by atoms with Gasteiger partial charge in [0.05, 0.1) is 4.90 Å². The maximum Gasteiger partial charge on any atom is 0.243 e. The molecule has 2 aromatic rings. The van der Waals surface area contributed by atoms with Crippen LogP contribution in [-0.4, -0.2) is 25.7 Å². The van der Waals surface area contributed by atoms with Crippen LogP contribution in [0.4, 0.5) is 5.69 Å². The fourth-order valence-electron chi connectivity index (χ4n) is 2.51. The topological polar surface area (TPSA) is 66.5 Å². The van der Waals surface area contributed by atoms with Gasteiger partial charge in [0, 0.05) is 26.2 Å². The maximum absolute atomic E-state index is 12.9. The largest absolute Gasteiger partial charge is 0.326 e. The van der Waals surface area contributed by atoms with Crippen LogP contribution in [0.25, 0.3) is 0 Å². The monoisotopic (exact) mass is 352 g/mol. The first-order chi connectivity index (χ1) is 10.7. The third kappa shape index (κ3) is 3.99. The molecule has 0 saturated heterocycles. The summed E-state index contributed by atoms with van der Waals surface area (Å²) in [5, 5.41) is 6.55. The maximum atomic E-state index is 12.9. The normalized spacial score (nSPS) is 11.7. The average molecular weight is 352 g/mol. The summed E-state index contributed by atoms with van der Waals surface area (Å²) in [4.78, 5) is 11.5. The Morgan fingerprint density at radius 2 is 1.87 bits per heavy atom. The summed E-state index contributed by atoms with van der Waals surface area (Å²) in [5.74, 6) is -0.186. The molecule has 0 saturated carbocycles. The fraction of sp³-hybridized carbons (Fsp3) is 0.312. The van der Waals surface area contributed by atoms with Gasteiger partial charge in [0.1, 0.15) is 0 Å². The van der Waals surface area contributed by atoms with Gasteiger partial charge in [0.2, 0.25) is 15.9 Å². The highest BCUT2D eigenvalue weighted by Gasteiger charge is 2.25. The van der Waals surface area contributed by atoms with Crippen LogP contribution in [0.15, 0.2) is 33.9 Å². The SMILES string of the molecule is CC(=O)Nc1cc(C)c(S(=O)(=O)N(C)Cc2ccsc2)c(C)c1. The van der Waals surface area contributed by atoms with E-state index >= 15 is 0 Å². The zero-order chi connectivity index (χ0) is 17.2. The molecule has 1 heterocycles. The van der Waals surface area contributed by atoms with Gasteiger partial charge in [-0.25, -0.2) is 8.42 Å². The van der Waals surface area contributed by atoms with Gasteiger partial charge in [-0.2, -0.15) is 15.6 Å². The summed E-state index contributed by atoms with van der Waals surface area (Å²) in [5.41, 5.74) is 2.80. The molecule has 2 rings (SSSR count). The number of hydrogen-bond acceptors (Lipinski definition) is 4. The lowest BCUT2D eigenvalue weighted by Gasteiger charge is -2.20. The first kappa shape index (κ1) is 17.7. The van der Waals surface area contributed by atoms with E-state index < -0.39 is 10.0 Å². The number of benzene rings is 1.